The molecule has 0 spiro atoms. The van der Waals surface area contributed by atoms with Crippen LogP contribution < -0.4 is 5.01 Å². The largest absolute Gasteiger partial charge is 0.282 e. The second kappa shape index (κ2) is 12.3. The van der Waals surface area contributed by atoms with Crippen molar-refractivity contribution >= 4 is 47.3 Å². The number of hydrogen-bond acceptors (Lipinski definition) is 5. The number of aromatic nitrogens is 3. The summed E-state index contributed by atoms with van der Waals surface area (Å²) >= 11 is 12.4. The lowest BCUT2D eigenvalue weighted by atomic mass is 10.0. The third-order valence-corrected chi connectivity index (χ3v) is 6.22. The zero-order chi connectivity index (χ0) is 27.0. The Morgan fingerprint density at radius 2 is 1.36 bits per heavy atom. The van der Waals surface area contributed by atoms with E-state index in [9.17, 15) is 4.79 Å². The van der Waals surface area contributed by atoms with Gasteiger partial charge in [-0.1, -0.05) is 120 Å². The molecule has 0 aliphatic carbocycles. The van der Waals surface area contributed by atoms with Gasteiger partial charge in [-0.15, -0.1) is 10.2 Å². The Balaban J connectivity index is 1.60. The topological polar surface area (TPSA) is 71.3 Å². The fourth-order valence-corrected chi connectivity index (χ4v) is 4.28. The number of amides is 1. The Morgan fingerprint density at radius 3 is 2.00 bits per heavy atom. The number of allylic oxidation sites excluding steroid dienone is 1. The quantitative estimate of drug-likeness (QED) is 0.153. The van der Waals surface area contributed by atoms with Crippen molar-refractivity contribution < 1.29 is 4.79 Å². The minimum absolute atomic E-state index is 0.00564. The summed E-state index contributed by atoms with van der Waals surface area (Å²) in [6.07, 6.45) is 5.09. The number of hydrogen-bond donors (Lipinski definition) is 0. The number of hydrazone groups is 1. The van der Waals surface area contributed by atoms with Crippen molar-refractivity contribution in [3.05, 3.63) is 136 Å². The lowest BCUT2D eigenvalue weighted by Crippen LogP contribution is -2.28. The van der Waals surface area contributed by atoms with Gasteiger partial charge < -0.3 is 0 Å². The molecule has 1 aromatic heterocycles. The molecule has 5 aromatic rings. The van der Waals surface area contributed by atoms with Crippen molar-refractivity contribution in [2.45, 2.75) is 0 Å². The van der Waals surface area contributed by atoms with Crippen molar-refractivity contribution in [3.63, 3.8) is 0 Å². The van der Waals surface area contributed by atoms with Crippen LogP contribution in [-0.2, 0) is 0 Å². The Hall–Kier alpha value is -4.65. The van der Waals surface area contributed by atoms with Gasteiger partial charge in [-0.05, 0) is 29.8 Å². The zero-order valence-corrected chi connectivity index (χ0v) is 22.0. The van der Waals surface area contributed by atoms with Crippen molar-refractivity contribution in [2.75, 3.05) is 5.01 Å². The van der Waals surface area contributed by atoms with Crippen molar-refractivity contribution in [1.82, 2.24) is 15.2 Å². The summed E-state index contributed by atoms with van der Waals surface area (Å²) in [5.41, 5.74) is 3.98. The Bertz CT molecular complexity index is 1640. The Labute approximate surface area is 235 Å². The molecule has 0 fully saturated rings. The predicted molar refractivity (Wildman–Crippen MR) is 158 cm³/mol. The molecule has 39 heavy (non-hydrogen) atoms. The first kappa shape index (κ1) is 26.0. The van der Waals surface area contributed by atoms with Crippen LogP contribution in [0, 0.1) is 0 Å². The van der Waals surface area contributed by atoms with E-state index in [0.29, 0.717) is 16.4 Å². The maximum absolute atomic E-state index is 13.7. The highest BCUT2D eigenvalue weighted by Gasteiger charge is 2.24. The molecule has 5 rings (SSSR count). The fraction of sp³-hybridized carbons (Fsp3) is 0. The van der Waals surface area contributed by atoms with E-state index < -0.39 is 5.91 Å². The highest BCUT2D eigenvalue weighted by atomic mass is 35.5. The SMILES string of the molecule is O=C(c1ccc(Cl)cc1Cl)N(/N=C/C=C/c1ccccc1)c1nnc(-c2ccccc2)c(-c2ccccc2)n1. The van der Waals surface area contributed by atoms with E-state index >= 15 is 0 Å². The second-order valence-electron chi connectivity index (χ2n) is 8.32. The molecule has 190 valence electrons. The van der Waals surface area contributed by atoms with Crippen LogP contribution in [0.25, 0.3) is 28.6 Å². The smallest absolute Gasteiger partial charge is 0.267 e. The van der Waals surface area contributed by atoms with Crippen LogP contribution in [0.1, 0.15) is 15.9 Å². The van der Waals surface area contributed by atoms with Crippen LogP contribution in [0.15, 0.2) is 120 Å². The number of rotatable bonds is 7. The molecule has 0 saturated carbocycles. The molecule has 0 bridgehead atoms. The van der Waals surface area contributed by atoms with Crippen molar-refractivity contribution in [3.8, 4) is 22.5 Å². The average Bonchev–Trinajstić information content (AvgIpc) is 2.98. The first-order valence-electron chi connectivity index (χ1n) is 12.0. The van der Waals surface area contributed by atoms with Crippen LogP contribution in [0.2, 0.25) is 10.0 Å². The van der Waals surface area contributed by atoms with Gasteiger partial charge in [0.15, 0.2) is 0 Å². The summed E-state index contributed by atoms with van der Waals surface area (Å²) in [4.78, 5) is 18.5. The van der Waals surface area contributed by atoms with Gasteiger partial charge in [0.1, 0.15) is 11.4 Å². The third kappa shape index (κ3) is 6.26. The Kier molecular flexibility index (Phi) is 8.17. The van der Waals surface area contributed by atoms with Crippen LogP contribution in [-0.4, -0.2) is 27.3 Å². The van der Waals surface area contributed by atoms with Crippen LogP contribution in [0.3, 0.4) is 0 Å². The first-order chi connectivity index (χ1) is 19.1. The monoisotopic (exact) mass is 549 g/mol. The van der Waals surface area contributed by atoms with E-state index in [2.05, 4.69) is 15.3 Å². The van der Waals surface area contributed by atoms with Gasteiger partial charge in [-0.3, -0.25) is 4.79 Å². The highest BCUT2D eigenvalue weighted by molar-refractivity contribution is 6.37. The number of carbonyl (C=O) groups is 1. The molecule has 0 unspecified atom stereocenters. The Morgan fingerprint density at radius 1 is 0.744 bits per heavy atom. The maximum atomic E-state index is 13.7. The lowest BCUT2D eigenvalue weighted by Gasteiger charge is -2.17. The summed E-state index contributed by atoms with van der Waals surface area (Å²) in [7, 11) is 0. The molecule has 0 radical (unpaired) electrons. The van der Waals surface area contributed by atoms with E-state index in [1.54, 1.807) is 18.2 Å². The van der Waals surface area contributed by atoms with Gasteiger partial charge in [0.05, 0.1) is 10.6 Å². The molecule has 0 aliphatic rings. The zero-order valence-electron chi connectivity index (χ0n) is 20.5. The van der Waals surface area contributed by atoms with Crippen molar-refractivity contribution in [1.29, 1.82) is 0 Å². The molecule has 8 heteroatoms. The molecule has 1 heterocycles. The van der Waals surface area contributed by atoms with Gasteiger partial charge >= 0.3 is 0 Å². The number of nitrogens with zero attached hydrogens (tertiary/aromatic N) is 5. The van der Waals surface area contributed by atoms with E-state index in [1.165, 1.54) is 12.3 Å². The molecule has 4 aromatic carbocycles. The average molecular weight is 550 g/mol. The molecular weight excluding hydrogens is 529 g/mol. The molecule has 0 atom stereocenters. The minimum atomic E-state index is -0.533. The van der Waals surface area contributed by atoms with Gasteiger partial charge in [0.2, 0.25) is 0 Å². The van der Waals surface area contributed by atoms with Crippen LogP contribution in [0.4, 0.5) is 5.95 Å². The maximum Gasteiger partial charge on any atom is 0.282 e. The number of benzene rings is 4. The molecule has 0 N–H and O–H groups in total. The fourth-order valence-electron chi connectivity index (χ4n) is 3.79. The summed E-state index contributed by atoms with van der Waals surface area (Å²) in [6, 6.07) is 33.6. The predicted octanol–water partition coefficient (Wildman–Crippen LogP) is 7.86. The lowest BCUT2D eigenvalue weighted by molar-refractivity contribution is 0.0986. The van der Waals surface area contributed by atoms with E-state index in [-0.39, 0.29) is 16.5 Å². The molecule has 6 nitrogen and oxygen atoms in total. The van der Waals surface area contributed by atoms with E-state index in [4.69, 9.17) is 28.2 Å². The summed E-state index contributed by atoms with van der Waals surface area (Å²) in [6.45, 7) is 0. The van der Waals surface area contributed by atoms with Gasteiger partial charge in [0.25, 0.3) is 11.9 Å². The molecular formula is C31H21Cl2N5O. The van der Waals surface area contributed by atoms with E-state index in [0.717, 1.165) is 21.7 Å². The van der Waals surface area contributed by atoms with Gasteiger partial charge in [-0.2, -0.15) is 10.1 Å². The molecule has 0 aliphatic heterocycles. The second-order valence-corrected chi connectivity index (χ2v) is 9.16. The summed E-state index contributed by atoms with van der Waals surface area (Å²) in [5.74, 6) is -0.539. The number of halogens is 2. The standard InChI is InChI=1S/C31H21Cl2N5O/c32-25-18-19-26(27(33)21-25)30(39)38(34-20-10-13-22-11-4-1-5-12-22)31-35-28(23-14-6-2-7-15-23)29(36-37-31)24-16-8-3-9-17-24/h1-21H/b13-10+,34-20+. The van der Waals surface area contributed by atoms with Gasteiger partial charge in [-0.25, -0.2) is 4.98 Å². The van der Waals surface area contributed by atoms with Crippen molar-refractivity contribution in [2.24, 2.45) is 5.10 Å². The first-order valence-corrected chi connectivity index (χ1v) is 12.8. The van der Waals surface area contributed by atoms with Crippen LogP contribution >= 0.6 is 23.2 Å². The number of anilines is 1. The molecule has 1 amide bonds. The highest BCUT2D eigenvalue weighted by Crippen LogP contribution is 2.30. The van der Waals surface area contributed by atoms with Gasteiger partial charge in [0, 0.05) is 22.4 Å². The normalized spacial score (nSPS) is 11.2. The van der Waals surface area contributed by atoms with Crippen LogP contribution in [0.5, 0.6) is 0 Å². The summed E-state index contributed by atoms with van der Waals surface area (Å²) < 4.78 is 0. The molecule has 0 saturated heterocycles. The minimum Gasteiger partial charge on any atom is -0.267 e. The summed E-state index contributed by atoms with van der Waals surface area (Å²) in [5, 5.41) is 14.9. The number of carbonyl (C=O) groups excluding carboxylic acids is 1. The third-order valence-electron chi connectivity index (χ3n) is 5.67. The van der Waals surface area contributed by atoms with E-state index in [1.807, 2.05) is 97.1 Å².